The Balaban J connectivity index is 2.65. The molecule has 1 atom stereocenters. The molecule has 2 nitrogen and oxygen atoms in total. The van der Waals surface area contributed by atoms with Gasteiger partial charge in [0, 0.05) is 11.4 Å². The summed E-state index contributed by atoms with van der Waals surface area (Å²) in [7, 11) is 0. The minimum Gasteiger partial charge on any atom is -0.268 e. The van der Waals surface area contributed by atoms with Gasteiger partial charge in [-0.25, -0.2) is 0 Å². The Labute approximate surface area is 134 Å². The first-order chi connectivity index (χ1) is 8.81. The van der Waals surface area contributed by atoms with E-state index in [0.29, 0.717) is 10.2 Å². The van der Waals surface area contributed by atoms with Gasteiger partial charge in [0.1, 0.15) is 0 Å². The smallest absolute Gasteiger partial charge is 0.0766 e. The van der Waals surface area contributed by atoms with E-state index in [1.54, 1.807) is 0 Å². The summed E-state index contributed by atoms with van der Waals surface area (Å²) in [6, 6.07) is 0. The lowest BCUT2D eigenvalue weighted by atomic mass is 9.89. The van der Waals surface area contributed by atoms with Crippen molar-refractivity contribution in [3.05, 3.63) is 15.9 Å². The zero-order valence-electron chi connectivity index (χ0n) is 12.8. The van der Waals surface area contributed by atoms with Crippen LogP contribution in [0.5, 0.6) is 0 Å². The van der Waals surface area contributed by atoms with Crippen LogP contribution in [-0.4, -0.2) is 14.6 Å². The Morgan fingerprint density at radius 1 is 1.26 bits per heavy atom. The molecule has 1 aromatic heterocycles. The van der Waals surface area contributed by atoms with Crippen molar-refractivity contribution in [2.24, 2.45) is 5.41 Å². The Bertz CT molecular complexity index is 405. The molecule has 1 heterocycles. The highest BCUT2D eigenvalue weighted by atomic mass is 79.9. The SMILES string of the molecule is CCc1nn(CC)c(CCCC(Br)C(C)(C)C)c1Br. The molecule has 0 aliphatic rings. The maximum Gasteiger partial charge on any atom is 0.0766 e. The number of aromatic nitrogens is 2. The third-order valence-electron chi connectivity index (χ3n) is 3.50. The van der Waals surface area contributed by atoms with Gasteiger partial charge in [0.05, 0.1) is 15.9 Å². The van der Waals surface area contributed by atoms with E-state index in [-0.39, 0.29) is 0 Å². The Morgan fingerprint density at radius 2 is 1.89 bits per heavy atom. The molecular weight excluding hydrogens is 368 g/mol. The van der Waals surface area contributed by atoms with Gasteiger partial charge in [-0.1, -0.05) is 43.6 Å². The highest BCUT2D eigenvalue weighted by Crippen LogP contribution is 2.31. The van der Waals surface area contributed by atoms with Crippen molar-refractivity contribution in [1.29, 1.82) is 0 Å². The quantitative estimate of drug-likeness (QED) is 0.594. The number of aryl methyl sites for hydroxylation is 2. The molecule has 0 N–H and O–H groups in total. The maximum atomic E-state index is 4.65. The molecular formula is C15H26Br2N2. The van der Waals surface area contributed by atoms with Crippen molar-refractivity contribution in [3.63, 3.8) is 0 Å². The van der Waals surface area contributed by atoms with E-state index >= 15 is 0 Å². The summed E-state index contributed by atoms with van der Waals surface area (Å²) in [4.78, 5) is 0.572. The van der Waals surface area contributed by atoms with E-state index < -0.39 is 0 Å². The molecule has 19 heavy (non-hydrogen) atoms. The van der Waals surface area contributed by atoms with E-state index in [1.165, 1.54) is 28.7 Å². The second-order valence-corrected chi connectivity index (χ2v) is 8.00. The van der Waals surface area contributed by atoms with E-state index in [1.807, 2.05) is 0 Å². The van der Waals surface area contributed by atoms with Gasteiger partial charge in [-0.05, 0) is 54.0 Å². The minimum atomic E-state index is 0.330. The first-order valence-corrected chi connectivity index (χ1v) is 8.90. The van der Waals surface area contributed by atoms with E-state index in [0.717, 1.165) is 19.4 Å². The van der Waals surface area contributed by atoms with E-state index in [4.69, 9.17) is 0 Å². The fourth-order valence-corrected chi connectivity index (χ4v) is 3.22. The van der Waals surface area contributed by atoms with Gasteiger partial charge in [0.15, 0.2) is 0 Å². The van der Waals surface area contributed by atoms with Crippen LogP contribution in [0, 0.1) is 5.41 Å². The Hall–Kier alpha value is 0.170. The summed E-state index contributed by atoms with van der Waals surface area (Å²) in [5.41, 5.74) is 2.87. The standard InChI is InChI=1S/C15H26Br2N2/c1-6-11-14(17)12(19(7-2)18-11)9-8-10-13(16)15(3,4)5/h13H,6-10H2,1-5H3. The lowest BCUT2D eigenvalue weighted by Gasteiger charge is -2.25. The lowest BCUT2D eigenvalue weighted by molar-refractivity contribution is 0.379. The summed E-state index contributed by atoms with van der Waals surface area (Å²) >= 11 is 7.53. The molecule has 0 bridgehead atoms. The third-order valence-corrected chi connectivity index (χ3v) is 6.25. The first-order valence-electron chi connectivity index (χ1n) is 7.19. The number of halogens is 2. The molecule has 0 spiro atoms. The van der Waals surface area contributed by atoms with Crippen molar-refractivity contribution in [2.45, 2.75) is 71.7 Å². The monoisotopic (exact) mass is 392 g/mol. The van der Waals surface area contributed by atoms with Crippen LogP contribution in [-0.2, 0) is 19.4 Å². The number of hydrogen-bond acceptors (Lipinski definition) is 1. The van der Waals surface area contributed by atoms with Crippen molar-refractivity contribution in [2.75, 3.05) is 0 Å². The predicted octanol–water partition coefficient (Wildman–Crippen LogP) is 5.36. The molecule has 0 aliphatic carbocycles. The summed E-state index contributed by atoms with van der Waals surface area (Å²) in [6.07, 6.45) is 4.48. The molecule has 0 radical (unpaired) electrons. The van der Waals surface area contributed by atoms with Gasteiger partial charge < -0.3 is 0 Å². The van der Waals surface area contributed by atoms with Crippen molar-refractivity contribution < 1.29 is 0 Å². The molecule has 1 unspecified atom stereocenters. The molecule has 0 fully saturated rings. The molecule has 0 aromatic carbocycles. The van der Waals surface area contributed by atoms with Crippen molar-refractivity contribution in [3.8, 4) is 0 Å². The van der Waals surface area contributed by atoms with Crippen LogP contribution in [0.3, 0.4) is 0 Å². The molecule has 0 amide bonds. The number of nitrogens with zero attached hydrogens (tertiary/aromatic N) is 2. The Morgan fingerprint density at radius 3 is 2.37 bits per heavy atom. The highest BCUT2D eigenvalue weighted by Gasteiger charge is 2.21. The maximum absolute atomic E-state index is 4.65. The highest BCUT2D eigenvalue weighted by molar-refractivity contribution is 9.10. The van der Waals surface area contributed by atoms with Crippen LogP contribution in [0.2, 0.25) is 0 Å². The molecule has 1 aromatic rings. The zero-order chi connectivity index (χ0) is 14.6. The van der Waals surface area contributed by atoms with Gasteiger partial charge in [-0.2, -0.15) is 5.10 Å². The average Bonchev–Trinajstić information content (AvgIpc) is 2.64. The van der Waals surface area contributed by atoms with Crippen LogP contribution < -0.4 is 0 Å². The fourth-order valence-electron chi connectivity index (χ4n) is 2.14. The number of hydrogen-bond donors (Lipinski definition) is 0. The van der Waals surface area contributed by atoms with Crippen LogP contribution in [0.25, 0.3) is 0 Å². The Kier molecular flexibility index (Phi) is 6.58. The van der Waals surface area contributed by atoms with E-state index in [2.05, 4.69) is 76.3 Å². The lowest BCUT2D eigenvalue weighted by Crippen LogP contribution is -2.20. The summed E-state index contributed by atoms with van der Waals surface area (Å²) in [5.74, 6) is 0. The third kappa shape index (κ3) is 4.59. The topological polar surface area (TPSA) is 17.8 Å². The molecule has 1 rings (SSSR count). The molecule has 110 valence electrons. The second-order valence-electron chi connectivity index (χ2n) is 6.10. The predicted molar refractivity (Wildman–Crippen MR) is 90.1 cm³/mol. The summed E-state index contributed by atoms with van der Waals surface area (Å²) in [5, 5.41) is 4.65. The van der Waals surface area contributed by atoms with Gasteiger partial charge in [0.2, 0.25) is 0 Å². The second kappa shape index (κ2) is 7.26. The molecule has 0 saturated heterocycles. The van der Waals surface area contributed by atoms with Crippen molar-refractivity contribution in [1.82, 2.24) is 9.78 Å². The van der Waals surface area contributed by atoms with Crippen LogP contribution in [0.15, 0.2) is 4.47 Å². The van der Waals surface area contributed by atoms with Crippen LogP contribution in [0.1, 0.15) is 58.8 Å². The van der Waals surface area contributed by atoms with Gasteiger partial charge in [-0.3, -0.25) is 4.68 Å². The summed E-state index contributed by atoms with van der Waals surface area (Å²) in [6.45, 7) is 12.1. The minimum absolute atomic E-state index is 0.330. The van der Waals surface area contributed by atoms with Gasteiger partial charge >= 0.3 is 0 Å². The summed E-state index contributed by atoms with van der Waals surface area (Å²) < 4.78 is 3.36. The van der Waals surface area contributed by atoms with Crippen LogP contribution in [0.4, 0.5) is 0 Å². The molecule has 4 heteroatoms. The zero-order valence-corrected chi connectivity index (χ0v) is 15.9. The van der Waals surface area contributed by atoms with E-state index in [9.17, 15) is 0 Å². The van der Waals surface area contributed by atoms with Gasteiger partial charge in [0.25, 0.3) is 0 Å². The number of rotatable bonds is 6. The van der Waals surface area contributed by atoms with Crippen LogP contribution >= 0.6 is 31.9 Å². The van der Waals surface area contributed by atoms with Gasteiger partial charge in [-0.15, -0.1) is 0 Å². The largest absolute Gasteiger partial charge is 0.268 e. The van der Waals surface area contributed by atoms with Crippen molar-refractivity contribution >= 4 is 31.9 Å². The fraction of sp³-hybridized carbons (Fsp3) is 0.800. The number of alkyl halides is 1. The molecule has 0 saturated carbocycles. The molecule has 0 aliphatic heterocycles. The first kappa shape index (κ1) is 17.2. The normalized spacial score (nSPS) is 13.8. The average molecular weight is 394 g/mol.